The highest BCUT2D eigenvalue weighted by Gasteiger charge is 2.23. The van der Waals surface area contributed by atoms with Gasteiger partial charge in [-0.15, -0.1) is 0 Å². The predicted molar refractivity (Wildman–Crippen MR) is 101 cm³/mol. The number of nitrogens with zero attached hydrogens (tertiary/aromatic N) is 2. The van der Waals surface area contributed by atoms with Crippen LogP contribution in [-0.4, -0.2) is 17.4 Å². The van der Waals surface area contributed by atoms with E-state index in [0.29, 0.717) is 0 Å². The van der Waals surface area contributed by atoms with Crippen molar-refractivity contribution in [2.24, 2.45) is 0 Å². The quantitative estimate of drug-likeness (QED) is 0.670. The molecule has 0 saturated heterocycles. The van der Waals surface area contributed by atoms with Gasteiger partial charge < -0.3 is 4.90 Å². The number of carbonyl (C=O) groups excluding carboxylic acids is 1. The minimum atomic E-state index is 0.0271. The van der Waals surface area contributed by atoms with Crippen LogP contribution in [0.25, 0.3) is 17.2 Å². The van der Waals surface area contributed by atoms with Gasteiger partial charge in [-0.3, -0.25) is 9.78 Å². The molecule has 2 aromatic carbocycles. The van der Waals surface area contributed by atoms with Crippen molar-refractivity contribution in [2.45, 2.75) is 6.42 Å². The molecule has 0 unspecified atom stereocenters. The second kappa shape index (κ2) is 6.73. The Kier molecular flexibility index (Phi) is 4.13. The van der Waals surface area contributed by atoms with Gasteiger partial charge in [0.2, 0.25) is 0 Å². The van der Waals surface area contributed by atoms with Crippen LogP contribution in [0, 0.1) is 0 Å². The summed E-state index contributed by atoms with van der Waals surface area (Å²) < 4.78 is 0. The highest BCUT2D eigenvalue weighted by Crippen LogP contribution is 2.32. The Morgan fingerprint density at radius 1 is 0.960 bits per heavy atom. The van der Waals surface area contributed by atoms with Gasteiger partial charge >= 0.3 is 0 Å². The number of rotatable bonds is 3. The molecule has 1 amide bonds. The Hall–Kier alpha value is -3.20. The van der Waals surface area contributed by atoms with Crippen molar-refractivity contribution >= 4 is 17.7 Å². The molecule has 0 fully saturated rings. The minimum Gasteiger partial charge on any atom is -0.308 e. The van der Waals surface area contributed by atoms with E-state index in [1.165, 1.54) is 5.56 Å². The van der Waals surface area contributed by atoms with Gasteiger partial charge in [0.05, 0.1) is 0 Å². The molecule has 0 radical (unpaired) electrons. The zero-order valence-corrected chi connectivity index (χ0v) is 13.8. The average molecular weight is 326 g/mol. The van der Waals surface area contributed by atoms with Crippen molar-refractivity contribution in [3.8, 4) is 11.1 Å². The maximum atomic E-state index is 12.6. The molecule has 0 spiro atoms. The van der Waals surface area contributed by atoms with Gasteiger partial charge in [0, 0.05) is 30.7 Å². The number of aromatic nitrogens is 1. The molecule has 1 aliphatic heterocycles. The van der Waals surface area contributed by atoms with E-state index < -0.39 is 0 Å². The average Bonchev–Trinajstić information content (AvgIpc) is 3.11. The van der Waals surface area contributed by atoms with Crippen LogP contribution < -0.4 is 4.90 Å². The lowest BCUT2D eigenvalue weighted by molar-refractivity contribution is -0.114. The molecule has 0 aliphatic carbocycles. The number of pyridine rings is 1. The van der Waals surface area contributed by atoms with E-state index in [9.17, 15) is 4.79 Å². The largest absolute Gasteiger partial charge is 0.308 e. The summed E-state index contributed by atoms with van der Waals surface area (Å²) in [5, 5.41) is 0. The van der Waals surface area contributed by atoms with Crippen LogP contribution in [0.4, 0.5) is 5.69 Å². The summed E-state index contributed by atoms with van der Waals surface area (Å²) in [6.45, 7) is 0.729. The van der Waals surface area contributed by atoms with Crippen LogP contribution in [0.5, 0.6) is 0 Å². The topological polar surface area (TPSA) is 33.2 Å². The van der Waals surface area contributed by atoms with E-state index in [0.717, 1.165) is 35.3 Å². The van der Waals surface area contributed by atoms with Crippen molar-refractivity contribution in [2.75, 3.05) is 11.4 Å². The monoisotopic (exact) mass is 326 g/mol. The number of hydrogen-bond acceptors (Lipinski definition) is 2. The highest BCUT2D eigenvalue weighted by molar-refractivity contribution is 6.05. The Labute approximate surface area is 147 Å². The van der Waals surface area contributed by atoms with Gasteiger partial charge in [-0.25, -0.2) is 0 Å². The van der Waals surface area contributed by atoms with E-state index in [2.05, 4.69) is 17.1 Å². The van der Waals surface area contributed by atoms with Gasteiger partial charge in [-0.1, -0.05) is 36.4 Å². The van der Waals surface area contributed by atoms with Crippen molar-refractivity contribution in [1.29, 1.82) is 0 Å². The van der Waals surface area contributed by atoms with E-state index in [1.54, 1.807) is 18.5 Å². The van der Waals surface area contributed by atoms with Crippen LogP contribution in [0.2, 0.25) is 0 Å². The van der Waals surface area contributed by atoms with E-state index in [4.69, 9.17) is 0 Å². The molecule has 3 nitrogen and oxygen atoms in total. The molecule has 0 atom stereocenters. The van der Waals surface area contributed by atoms with Crippen LogP contribution in [0.3, 0.4) is 0 Å². The van der Waals surface area contributed by atoms with Crippen molar-refractivity contribution in [3.63, 3.8) is 0 Å². The molecule has 1 aliphatic rings. The van der Waals surface area contributed by atoms with E-state index >= 15 is 0 Å². The molecule has 25 heavy (non-hydrogen) atoms. The van der Waals surface area contributed by atoms with Gasteiger partial charge in [0.25, 0.3) is 5.91 Å². The third-order valence-corrected chi connectivity index (χ3v) is 4.47. The van der Waals surface area contributed by atoms with Crippen LogP contribution in [0.1, 0.15) is 11.1 Å². The Morgan fingerprint density at radius 3 is 2.56 bits per heavy atom. The minimum absolute atomic E-state index is 0.0271. The second-order valence-corrected chi connectivity index (χ2v) is 6.06. The summed E-state index contributed by atoms with van der Waals surface area (Å²) in [6.07, 6.45) is 8.01. The molecular weight excluding hydrogens is 308 g/mol. The Balaban J connectivity index is 1.56. The first-order valence-corrected chi connectivity index (χ1v) is 8.39. The molecule has 0 saturated carbocycles. The van der Waals surface area contributed by atoms with E-state index in [1.807, 2.05) is 59.5 Å². The number of benzene rings is 2. The van der Waals surface area contributed by atoms with Crippen molar-refractivity contribution in [1.82, 2.24) is 4.98 Å². The zero-order valence-electron chi connectivity index (χ0n) is 13.8. The van der Waals surface area contributed by atoms with Gasteiger partial charge in [0.1, 0.15) is 0 Å². The molecular formula is C22H18N2O. The van der Waals surface area contributed by atoms with Crippen molar-refractivity contribution < 1.29 is 4.79 Å². The lowest BCUT2D eigenvalue weighted by Crippen LogP contribution is -2.26. The molecule has 4 rings (SSSR count). The lowest BCUT2D eigenvalue weighted by Gasteiger charge is -2.15. The molecule has 3 aromatic rings. The first kappa shape index (κ1) is 15.3. The number of amides is 1. The number of anilines is 1. The maximum absolute atomic E-state index is 12.6. The van der Waals surface area contributed by atoms with Gasteiger partial charge in [-0.05, 0) is 59.0 Å². The molecule has 2 heterocycles. The van der Waals surface area contributed by atoms with Gasteiger partial charge in [0.15, 0.2) is 0 Å². The third kappa shape index (κ3) is 3.22. The molecule has 1 aromatic heterocycles. The lowest BCUT2D eigenvalue weighted by atomic mass is 10.0. The second-order valence-electron chi connectivity index (χ2n) is 6.06. The normalized spacial score (nSPS) is 13.2. The standard InChI is InChI=1S/C22H18N2O/c25-22(9-6-17-4-2-1-3-5-17)24-15-12-20-16-19(7-8-21(20)24)18-10-13-23-14-11-18/h1-11,13-14,16H,12,15H2/b9-6+. The summed E-state index contributed by atoms with van der Waals surface area (Å²) in [7, 11) is 0. The number of hydrogen-bond donors (Lipinski definition) is 0. The van der Waals surface area contributed by atoms with Crippen LogP contribution >= 0.6 is 0 Å². The first-order chi connectivity index (χ1) is 12.3. The maximum Gasteiger partial charge on any atom is 0.251 e. The summed E-state index contributed by atoms with van der Waals surface area (Å²) in [5.74, 6) is 0.0271. The third-order valence-electron chi connectivity index (χ3n) is 4.47. The molecule has 0 bridgehead atoms. The fraction of sp³-hybridized carbons (Fsp3) is 0.0909. The molecule has 122 valence electrons. The van der Waals surface area contributed by atoms with Crippen molar-refractivity contribution in [3.05, 3.63) is 90.3 Å². The fourth-order valence-electron chi connectivity index (χ4n) is 3.18. The Bertz CT molecular complexity index is 917. The number of carbonyl (C=O) groups is 1. The highest BCUT2D eigenvalue weighted by atomic mass is 16.2. The summed E-state index contributed by atoms with van der Waals surface area (Å²) in [4.78, 5) is 18.5. The van der Waals surface area contributed by atoms with E-state index in [-0.39, 0.29) is 5.91 Å². The number of fused-ring (bicyclic) bond motifs is 1. The summed E-state index contributed by atoms with van der Waals surface area (Å²) in [5.41, 5.74) is 5.57. The fourth-order valence-corrected chi connectivity index (χ4v) is 3.18. The SMILES string of the molecule is O=C(/C=C/c1ccccc1)N1CCc2cc(-c3ccncc3)ccc21. The predicted octanol–water partition coefficient (Wildman–Crippen LogP) is 4.35. The summed E-state index contributed by atoms with van der Waals surface area (Å²) in [6, 6.07) is 20.2. The molecule has 3 heteroatoms. The Morgan fingerprint density at radius 2 is 1.76 bits per heavy atom. The first-order valence-electron chi connectivity index (χ1n) is 8.39. The van der Waals surface area contributed by atoms with Crippen LogP contribution in [-0.2, 0) is 11.2 Å². The zero-order chi connectivity index (χ0) is 17.1. The smallest absolute Gasteiger partial charge is 0.251 e. The van der Waals surface area contributed by atoms with Crippen LogP contribution in [0.15, 0.2) is 79.1 Å². The summed E-state index contributed by atoms with van der Waals surface area (Å²) >= 11 is 0. The molecule has 0 N–H and O–H groups in total. The van der Waals surface area contributed by atoms with Gasteiger partial charge in [-0.2, -0.15) is 0 Å².